The van der Waals surface area contributed by atoms with E-state index < -0.39 is 11.7 Å². The summed E-state index contributed by atoms with van der Waals surface area (Å²) in [6.45, 7) is 1.35. The van der Waals surface area contributed by atoms with E-state index in [0.29, 0.717) is 36.5 Å². The average Bonchev–Trinajstić information content (AvgIpc) is 3.32. The number of fused-ring (bicyclic) bond motifs is 1. The van der Waals surface area contributed by atoms with Gasteiger partial charge in [-0.1, -0.05) is 48.5 Å². The SMILES string of the molecule is COc1ccc(C2=Cc3c(cccc3C(F)(F)F)N(CC3CC(OCc4ccccc4)CN3)C(=O)C2)cc1. The fraction of sp³-hybridized carbons (Fsp3) is 0.300. The molecule has 1 amide bonds. The smallest absolute Gasteiger partial charge is 0.417 e. The monoisotopic (exact) mass is 522 g/mol. The van der Waals surface area contributed by atoms with Crippen LogP contribution in [0.15, 0.2) is 72.8 Å². The summed E-state index contributed by atoms with van der Waals surface area (Å²) in [7, 11) is 1.54. The number of alkyl halides is 3. The van der Waals surface area contributed by atoms with Crippen LogP contribution in [0.2, 0.25) is 0 Å². The summed E-state index contributed by atoms with van der Waals surface area (Å²) in [5.41, 5.74) is 1.79. The fourth-order valence-corrected chi connectivity index (χ4v) is 5.05. The lowest BCUT2D eigenvalue weighted by molar-refractivity contribution is -0.137. The highest BCUT2D eigenvalue weighted by atomic mass is 19.4. The summed E-state index contributed by atoms with van der Waals surface area (Å²) in [6.07, 6.45) is -2.46. The van der Waals surface area contributed by atoms with E-state index in [1.54, 1.807) is 37.4 Å². The molecule has 198 valence electrons. The third kappa shape index (κ3) is 5.76. The summed E-state index contributed by atoms with van der Waals surface area (Å²) in [5, 5.41) is 3.39. The molecule has 2 atom stereocenters. The predicted molar refractivity (Wildman–Crippen MR) is 141 cm³/mol. The second-order valence-corrected chi connectivity index (χ2v) is 9.57. The number of carbonyl (C=O) groups is 1. The summed E-state index contributed by atoms with van der Waals surface area (Å²) >= 11 is 0. The van der Waals surface area contributed by atoms with Crippen LogP contribution in [-0.4, -0.2) is 38.3 Å². The molecule has 0 aliphatic carbocycles. The Kier molecular flexibility index (Phi) is 7.53. The predicted octanol–water partition coefficient (Wildman–Crippen LogP) is 5.94. The maximum absolute atomic E-state index is 14.1. The second kappa shape index (κ2) is 11.0. The molecule has 5 rings (SSSR count). The van der Waals surface area contributed by atoms with Gasteiger partial charge < -0.3 is 19.7 Å². The standard InChI is InChI=1S/C30H29F3N2O3/c1-37-24-12-10-21(11-13-24)22-14-26-27(30(31,32)33)8-5-9-28(26)35(29(36)15-22)18-23-16-25(17-34-23)38-19-20-6-3-2-4-7-20/h2-14,23,25,34H,15-19H2,1H3. The number of benzene rings is 3. The van der Waals surface area contributed by atoms with Crippen molar-refractivity contribution in [3.05, 3.63) is 95.1 Å². The maximum atomic E-state index is 14.1. The van der Waals surface area contributed by atoms with Crippen LogP contribution in [0.3, 0.4) is 0 Å². The van der Waals surface area contributed by atoms with Gasteiger partial charge in [-0.25, -0.2) is 0 Å². The van der Waals surface area contributed by atoms with Gasteiger partial charge >= 0.3 is 6.18 Å². The molecule has 0 radical (unpaired) electrons. The van der Waals surface area contributed by atoms with Gasteiger partial charge in [-0.2, -0.15) is 13.2 Å². The average molecular weight is 523 g/mol. The van der Waals surface area contributed by atoms with E-state index in [2.05, 4.69) is 5.32 Å². The van der Waals surface area contributed by atoms with Gasteiger partial charge in [0.15, 0.2) is 0 Å². The quantitative estimate of drug-likeness (QED) is 0.418. The Morgan fingerprint density at radius 2 is 1.76 bits per heavy atom. The molecule has 8 heteroatoms. The molecular formula is C30H29F3N2O3. The zero-order valence-corrected chi connectivity index (χ0v) is 21.0. The van der Waals surface area contributed by atoms with Crippen LogP contribution >= 0.6 is 0 Å². The van der Waals surface area contributed by atoms with Gasteiger partial charge in [0, 0.05) is 24.7 Å². The van der Waals surface area contributed by atoms with Gasteiger partial charge in [-0.15, -0.1) is 0 Å². The number of ether oxygens (including phenoxy) is 2. The lowest BCUT2D eigenvalue weighted by Gasteiger charge is -2.27. The number of hydrogen-bond donors (Lipinski definition) is 1. The molecule has 1 fully saturated rings. The molecule has 1 saturated heterocycles. The van der Waals surface area contributed by atoms with Gasteiger partial charge in [-0.05, 0) is 53.5 Å². The van der Waals surface area contributed by atoms with E-state index in [-0.39, 0.29) is 42.3 Å². The summed E-state index contributed by atoms with van der Waals surface area (Å²) in [4.78, 5) is 15.0. The molecule has 1 N–H and O–H groups in total. The van der Waals surface area contributed by atoms with Gasteiger partial charge in [0.25, 0.3) is 0 Å². The molecule has 2 aliphatic heterocycles. The number of carbonyl (C=O) groups excluding carboxylic acids is 1. The number of nitrogens with zero attached hydrogens (tertiary/aromatic N) is 1. The van der Waals surface area contributed by atoms with Crippen molar-refractivity contribution in [2.45, 2.75) is 37.8 Å². The number of rotatable bonds is 7. The first-order valence-electron chi connectivity index (χ1n) is 12.6. The summed E-state index contributed by atoms with van der Waals surface area (Å²) in [5.74, 6) is 0.379. The maximum Gasteiger partial charge on any atom is 0.417 e. The summed E-state index contributed by atoms with van der Waals surface area (Å²) < 4.78 is 53.4. The van der Waals surface area contributed by atoms with Crippen molar-refractivity contribution >= 4 is 23.2 Å². The zero-order valence-electron chi connectivity index (χ0n) is 21.0. The minimum Gasteiger partial charge on any atom is -0.497 e. The number of hydrogen-bond acceptors (Lipinski definition) is 4. The van der Waals surface area contributed by atoms with Crippen molar-refractivity contribution in [3.8, 4) is 5.75 Å². The Labute approximate surface area is 219 Å². The van der Waals surface area contributed by atoms with Crippen LogP contribution in [-0.2, 0) is 22.3 Å². The third-order valence-corrected chi connectivity index (χ3v) is 7.01. The molecule has 0 bridgehead atoms. The van der Waals surface area contributed by atoms with Gasteiger partial charge in [0.2, 0.25) is 5.91 Å². The van der Waals surface area contributed by atoms with Crippen molar-refractivity contribution in [1.82, 2.24) is 5.32 Å². The number of amides is 1. The Morgan fingerprint density at radius 3 is 2.47 bits per heavy atom. The topological polar surface area (TPSA) is 50.8 Å². The third-order valence-electron chi connectivity index (χ3n) is 7.01. The van der Waals surface area contributed by atoms with Crippen molar-refractivity contribution in [3.63, 3.8) is 0 Å². The zero-order chi connectivity index (χ0) is 26.7. The first-order valence-corrected chi connectivity index (χ1v) is 12.6. The molecular weight excluding hydrogens is 493 g/mol. The minimum atomic E-state index is -4.56. The fourth-order valence-electron chi connectivity index (χ4n) is 5.05. The van der Waals surface area contributed by atoms with E-state index in [1.807, 2.05) is 30.3 Å². The molecule has 2 unspecified atom stereocenters. The van der Waals surface area contributed by atoms with Crippen molar-refractivity contribution in [2.24, 2.45) is 0 Å². The highest BCUT2D eigenvalue weighted by molar-refractivity contribution is 6.07. The van der Waals surface area contributed by atoms with Gasteiger partial charge in [-0.3, -0.25) is 4.79 Å². The number of anilines is 1. The molecule has 3 aromatic rings. The molecule has 0 aromatic heterocycles. The van der Waals surface area contributed by atoms with Crippen molar-refractivity contribution in [1.29, 1.82) is 0 Å². The first-order chi connectivity index (χ1) is 18.3. The lowest BCUT2D eigenvalue weighted by atomic mass is 9.97. The van der Waals surface area contributed by atoms with E-state index in [1.165, 1.54) is 17.0 Å². The Bertz CT molecular complexity index is 1310. The lowest BCUT2D eigenvalue weighted by Crippen LogP contribution is -2.41. The van der Waals surface area contributed by atoms with Crippen molar-refractivity contribution in [2.75, 3.05) is 25.1 Å². The van der Waals surface area contributed by atoms with Crippen LogP contribution in [0.5, 0.6) is 5.75 Å². The van der Waals surface area contributed by atoms with Crippen molar-refractivity contribution < 1.29 is 27.4 Å². The number of halogens is 3. The molecule has 0 saturated carbocycles. The molecule has 0 spiro atoms. The van der Waals surface area contributed by atoms with Gasteiger partial charge in [0.1, 0.15) is 5.75 Å². The molecule has 2 heterocycles. The van der Waals surface area contributed by atoms with E-state index in [0.717, 1.165) is 11.6 Å². The van der Waals surface area contributed by atoms with Crippen LogP contribution < -0.4 is 15.0 Å². The molecule has 38 heavy (non-hydrogen) atoms. The first kappa shape index (κ1) is 26.0. The highest BCUT2D eigenvalue weighted by Gasteiger charge is 2.37. The van der Waals surface area contributed by atoms with Crippen LogP contribution in [0, 0.1) is 0 Å². The van der Waals surface area contributed by atoms with Crippen LogP contribution in [0.4, 0.5) is 18.9 Å². The van der Waals surface area contributed by atoms with E-state index >= 15 is 0 Å². The van der Waals surface area contributed by atoms with Crippen LogP contribution in [0.25, 0.3) is 11.6 Å². The largest absolute Gasteiger partial charge is 0.497 e. The Morgan fingerprint density at radius 1 is 1.00 bits per heavy atom. The molecule has 5 nitrogen and oxygen atoms in total. The molecule has 3 aromatic carbocycles. The Hall–Kier alpha value is -3.62. The van der Waals surface area contributed by atoms with Gasteiger partial charge in [0.05, 0.1) is 37.5 Å². The van der Waals surface area contributed by atoms with E-state index in [4.69, 9.17) is 9.47 Å². The number of methoxy groups -OCH3 is 1. The van der Waals surface area contributed by atoms with Crippen LogP contribution in [0.1, 0.15) is 35.1 Å². The second-order valence-electron chi connectivity index (χ2n) is 9.57. The number of nitrogens with one attached hydrogen (secondary N) is 1. The minimum absolute atomic E-state index is 0.00606. The van der Waals surface area contributed by atoms with E-state index in [9.17, 15) is 18.0 Å². The Balaban J connectivity index is 1.39. The summed E-state index contributed by atoms with van der Waals surface area (Å²) in [6, 6.07) is 20.8. The normalized spacial score (nSPS) is 19.6. The highest BCUT2D eigenvalue weighted by Crippen LogP contribution is 2.41. The molecule has 2 aliphatic rings.